The molecule has 0 unspecified atom stereocenters. The highest BCUT2D eigenvalue weighted by molar-refractivity contribution is 6.06. The zero-order valence-corrected chi connectivity index (χ0v) is 13.4. The number of amides is 1. The monoisotopic (exact) mass is 329 g/mol. The van der Waals surface area contributed by atoms with E-state index in [9.17, 15) is 14.0 Å². The van der Waals surface area contributed by atoms with Gasteiger partial charge in [0, 0.05) is 31.1 Å². The number of fused-ring (bicyclic) bond motifs is 1. The molecule has 0 saturated carbocycles. The molecule has 1 spiro atoms. The first-order valence-corrected chi connectivity index (χ1v) is 8.39. The Balaban J connectivity index is 1.63. The Hall–Kier alpha value is -2.21. The van der Waals surface area contributed by atoms with Crippen molar-refractivity contribution in [2.75, 3.05) is 26.2 Å². The molecule has 6 heteroatoms. The summed E-state index contributed by atoms with van der Waals surface area (Å²) in [5.41, 5.74) is 0.661. The zero-order valence-electron chi connectivity index (χ0n) is 13.4. The van der Waals surface area contributed by atoms with Crippen LogP contribution in [0.1, 0.15) is 29.6 Å². The van der Waals surface area contributed by atoms with Gasteiger partial charge in [0.1, 0.15) is 5.82 Å². The Morgan fingerprint density at radius 3 is 2.67 bits per heavy atom. The van der Waals surface area contributed by atoms with Crippen molar-refractivity contribution in [3.63, 3.8) is 0 Å². The molecular formula is C18H20FN3O2. The van der Waals surface area contributed by atoms with E-state index in [0.717, 1.165) is 25.9 Å². The molecule has 1 amide bonds. The van der Waals surface area contributed by atoms with Crippen LogP contribution in [0.5, 0.6) is 0 Å². The summed E-state index contributed by atoms with van der Waals surface area (Å²) in [6.07, 6.45) is 3.14. The minimum atomic E-state index is -0.434. The van der Waals surface area contributed by atoms with Gasteiger partial charge in [-0.2, -0.15) is 0 Å². The molecule has 2 aromatic rings. The number of benzene rings is 1. The number of carbonyl (C=O) groups excluding carboxylic acids is 1. The Kier molecular flexibility index (Phi) is 3.64. The van der Waals surface area contributed by atoms with E-state index < -0.39 is 5.82 Å². The maximum atomic E-state index is 13.4. The first kappa shape index (κ1) is 15.3. The highest BCUT2D eigenvalue weighted by atomic mass is 19.1. The van der Waals surface area contributed by atoms with Crippen molar-refractivity contribution < 1.29 is 9.18 Å². The van der Waals surface area contributed by atoms with Crippen molar-refractivity contribution >= 4 is 16.8 Å². The third-order valence-electron chi connectivity index (χ3n) is 5.48. The average molecular weight is 329 g/mol. The summed E-state index contributed by atoms with van der Waals surface area (Å²) in [5.74, 6) is -0.574. The lowest BCUT2D eigenvalue weighted by molar-refractivity contribution is 0.0609. The van der Waals surface area contributed by atoms with Crippen molar-refractivity contribution in [1.29, 1.82) is 0 Å². The van der Waals surface area contributed by atoms with Gasteiger partial charge in [-0.3, -0.25) is 9.59 Å². The van der Waals surface area contributed by atoms with Crippen LogP contribution in [0.2, 0.25) is 0 Å². The van der Waals surface area contributed by atoms with Crippen LogP contribution in [0.25, 0.3) is 10.9 Å². The van der Waals surface area contributed by atoms with Gasteiger partial charge < -0.3 is 15.2 Å². The number of rotatable bonds is 1. The molecule has 3 heterocycles. The van der Waals surface area contributed by atoms with Crippen LogP contribution in [-0.2, 0) is 0 Å². The van der Waals surface area contributed by atoms with Crippen LogP contribution in [0.15, 0.2) is 29.1 Å². The first-order chi connectivity index (χ1) is 11.6. The number of nitrogens with one attached hydrogen (secondary N) is 2. The van der Waals surface area contributed by atoms with Crippen LogP contribution >= 0.6 is 0 Å². The Morgan fingerprint density at radius 1 is 1.17 bits per heavy atom. The van der Waals surface area contributed by atoms with E-state index in [-0.39, 0.29) is 11.5 Å². The number of aromatic amines is 1. The van der Waals surface area contributed by atoms with E-state index in [1.165, 1.54) is 24.6 Å². The summed E-state index contributed by atoms with van der Waals surface area (Å²) in [5, 5.41) is 4.00. The lowest BCUT2D eigenvalue weighted by Crippen LogP contribution is -2.44. The normalized spacial score (nSPS) is 20.0. The molecular weight excluding hydrogens is 309 g/mol. The van der Waals surface area contributed by atoms with Crippen molar-refractivity contribution in [2.24, 2.45) is 5.41 Å². The molecule has 2 fully saturated rings. The van der Waals surface area contributed by atoms with E-state index in [4.69, 9.17) is 0 Å². The lowest BCUT2D eigenvalue weighted by Gasteiger charge is -2.39. The lowest BCUT2D eigenvalue weighted by atomic mass is 9.77. The molecule has 5 nitrogen and oxygen atoms in total. The van der Waals surface area contributed by atoms with E-state index >= 15 is 0 Å². The fourth-order valence-corrected chi connectivity index (χ4v) is 3.99. The molecule has 0 radical (unpaired) electrons. The molecule has 1 aromatic carbocycles. The van der Waals surface area contributed by atoms with Gasteiger partial charge in [-0.15, -0.1) is 0 Å². The second-order valence-corrected chi connectivity index (χ2v) is 6.96. The minimum absolute atomic E-state index is 0.140. The van der Waals surface area contributed by atoms with E-state index in [1.54, 1.807) is 6.07 Å². The number of hydrogen-bond acceptors (Lipinski definition) is 3. The second kappa shape index (κ2) is 5.70. The van der Waals surface area contributed by atoms with Crippen LogP contribution in [-0.4, -0.2) is 42.0 Å². The number of aromatic nitrogens is 1. The van der Waals surface area contributed by atoms with Gasteiger partial charge in [-0.1, -0.05) is 0 Å². The van der Waals surface area contributed by atoms with Crippen molar-refractivity contribution in [1.82, 2.24) is 15.2 Å². The molecule has 4 rings (SSSR count). The first-order valence-electron chi connectivity index (χ1n) is 8.39. The van der Waals surface area contributed by atoms with Gasteiger partial charge in [0.25, 0.3) is 5.91 Å². The van der Waals surface area contributed by atoms with Crippen molar-refractivity contribution in [2.45, 2.75) is 19.3 Å². The van der Waals surface area contributed by atoms with E-state index in [0.29, 0.717) is 35.0 Å². The number of hydrogen-bond donors (Lipinski definition) is 2. The number of halogens is 1. The van der Waals surface area contributed by atoms with Crippen LogP contribution in [0.4, 0.5) is 4.39 Å². The number of likely N-dealkylation sites (tertiary alicyclic amines) is 1. The van der Waals surface area contributed by atoms with E-state index in [2.05, 4.69) is 10.3 Å². The number of H-pyrrole nitrogens is 1. The van der Waals surface area contributed by atoms with Crippen molar-refractivity contribution in [3.8, 4) is 0 Å². The topological polar surface area (TPSA) is 65.2 Å². The summed E-state index contributed by atoms with van der Waals surface area (Å²) in [6.45, 7) is 3.49. The van der Waals surface area contributed by atoms with Crippen molar-refractivity contribution in [3.05, 3.63) is 46.0 Å². The molecule has 1 aromatic heterocycles. The summed E-state index contributed by atoms with van der Waals surface area (Å²) >= 11 is 0. The number of pyridine rings is 1. The fourth-order valence-electron chi connectivity index (χ4n) is 3.99. The van der Waals surface area contributed by atoms with Crippen LogP contribution < -0.4 is 10.9 Å². The predicted molar refractivity (Wildman–Crippen MR) is 89.6 cm³/mol. The highest BCUT2D eigenvalue weighted by Crippen LogP contribution is 2.37. The maximum absolute atomic E-state index is 13.4. The van der Waals surface area contributed by atoms with Gasteiger partial charge in [0.15, 0.2) is 0 Å². The number of piperidine rings is 1. The third kappa shape index (κ3) is 2.60. The largest absolute Gasteiger partial charge is 0.339 e. The second-order valence-electron chi connectivity index (χ2n) is 6.96. The van der Waals surface area contributed by atoms with Crippen LogP contribution in [0.3, 0.4) is 0 Å². The maximum Gasteiger partial charge on any atom is 0.254 e. The molecule has 0 atom stereocenters. The number of nitrogens with zero attached hydrogens (tertiary/aromatic N) is 1. The summed E-state index contributed by atoms with van der Waals surface area (Å²) < 4.78 is 13.4. The zero-order chi connectivity index (χ0) is 16.7. The SMILES string of the molecule is O=C(c1cc(=O)[nH]c2cc(F)ccc12)N1CCC2(CCNC2)CC1. The predicted octanol–water partition coefficient (Wildman–Crippen LogP) is 1.88. The fraction of sp³-hybridized carbons (Fsp3) is 0.444. The molecule has 2 aliphatic heterocycles. The molecule has 0 bridgehead atoms. The van der Waals surface area contributed by atoms with Crippen LogP contribution in [0, 0.1) is 11.2 Å². The highest BCUT2D eigenvalue weighted by Gasteiger charge is 2.38. The molecule has 2 aliphatic rings. The van der Waals surface area contributed by atoms with E-state index in [1.807, 2.05) is 4.90 Å². The molecule has 0 aliphatic carbocycles. The summed E-state index contributed by atoms with van der Waals surface area (Å²) in [6, 6.07) is 5.44. The Labute approximate surface area is 138 Å². The van der Waals surface area contributed by atoms with Gasteiger partial charge >= 0.3 is 0 Å². The Morgan fingerprint density at radius 2 is 1.96 bits per heavy atom. The molecule has 2 N–H and O–H groups in total. The standard InChI is InChI=1S/C18H20FN3O2/c19-12-1-2-13-14(10-16(23)21-15(13)9-12)17(24)22-7-4-18(5-8-22)3-6-20-11-18/h1-2,9-10,20H,3-8,11H2,(H,21,23). The number of carbonyl (C=O) groups is 1. The minimum Gasteiger partial charge on any atom is -0.339 e. The average Bonchev–Trinajstić information content (AvgIpc) is 3.02. The Bertz CT molecular complexity index is 845. The van der Waals surface area contributed by atoms with Gasteiger partial charge in [0.2, 0.25) is 5.56 Å². The van der Waals surface area contributed by atoms with Gasteiger partial charge in [0.05, 0.1) is 11.1 Å². The summed E-state index contributed by atoms with van der Waals surface area (Å²) in [7, 11) is 0. The van der Waals surface area contributed by atoms with Gasteiger partial charge in [-0.25, -0.2) is 4.39 Å². The molecule has 2 saturated heterocycles. The smallest absolute Gasteiger partial charge is 0.254 e. The van der Waals surface area contributed by atoms with Gasteiger partial charge in [-0.05, 0) is 49.4 Å². The summed E-state index contributed by atoms with van der Waals surface area (Å²) in [4.78, 5) is 29.2. The third-order valence-corrected chi connectivity index (χ3v) is 5.48. The molecule has 24 heavy (non-hydrogen) atoms. The quantitative estimate of drug-likeness (QED) is 0.840. The molecule has 126 valence electrons.